The molecular weight excluding hydrogens is 275 g/mol. The van der Waals surface area contributed by atoms with Crippen LogP contribution < -0.4 is 4.74 Å². The van der Waals surface area contributed by atoms with Gasteiger partial charge in [0.05, 0.1) is 10.5 Å². The third-order valence-corrected chi connectivity index (χ3v) is 2.96. The molecule has 2 aromatic rings. The maximum absolute atomic E-state index is 13.8. The Balaban J connectivity index is 2.16. The van der Waals surface area contributed by atoms with Gasteiger partial charge in [0.25, 0.3) is 5.69 Å². The van der Waals surface area contributed by atoms with Gasteiger partial charge in [-0.05, 0) is 25.1 Å². The van der Waals surface area contributed by atoms with Gasteiger partial charge in [0.2, 0.25) is 0 Å². The van der Waals surface area contributed by atoms with E-state index in [1.54, 1.807) is 19.1 Å². The fourth-order valence-electron chi connectivity index (χ4n) is 1.86. The van der Waals surface area contributed by atoms with Crippen LogP contribution in [-0.4, -0.2) is 4.92 Å². The van der Waals surface area contributed by atoms with Crippen molar-refractivity contribution in [3.8, 4) is 11.8 Å². The average molecular weight is 286 g/mol. The maximum Gasteiger partial charge on any atom is 0.272 e. The summed E-state index contributed by atoms with van der Waals surface area (Å²) in [4.78, 5) is 10.2. The Morgan fingerprint density at radius 1 is 1.38 bits per heavy atom. The molecule has 6 heteroatoms. The van der Waals surface area contributed by atoms with Gasteiger partial charge in [0, 0.05) is 17.2 Å². The van der Waals surface area contributed by atoms with Crippen molar-refractivity contribution >= 4 is 5.69 Å². The van der Waals surface area contributed by atoms with E-state index < -0.39 is 10.7 Å². The van der Waals surface area contributed by atoms with Gasteiger partial charge in [0.15, 0.2) is 0 Å². The zero-order valence-electron chi connectivity index (χ0n) is 11.2. The van der Waals surface area contributed by atoms with E-state index in [-0.39, 0.29) is 23.4 Å². The molecule has 2 aromatic carbocycles. The lowest BCUT2D eigenvalue weighted by atomic mass is 10.1. The van der Waals surface area contributed by atoms with Crippen LogP contribution in [0.2, 0.25) is 0 Å². The summed E-state index contributed by atoms with van der Waals surface area (Å²) >= 11 is 0. The molecule has 0 radical (unpaired) electrons. The maximum atomic E-state index is 13.8. The highest BCUT2D eigenvalue weighted by Crippen LogP contribution is 2.24. The minimum Gasteiger partial charge on any atom is -0.489 e. The van der Waals surface area contributed by atoms with Gasteiger partial charge in [-0.3, -0.25) is 10.1 Å². The van der Waals surface area contributed by atoms with Crippen LogP contribution >= 0.6 is 0 Å². The highest BCUT2D eigenvalue weighted by Gasteiger charge is 2.12. The zero-order valence-corrected chi connectivity index (χ0v) is 11.2. The first-order chi connectivity index (χ1) is 10.0. The van der Waals surface area contributed by atoms with E-state index in [9.17, 15) is 14.5 Å². The first-order valence-electron chi connectivity index (χ1n) is 6.08. The van der Waals surface area contributed by atoms with Crippen LogP contribution in [0.5, 0.6) is 5.75 Å². The number of ether oxygens (including phenoxy) is 1. The molecule has 0 bridgehead atoms. The monoisotopic (exact) mass is 286 g/mol. The lowest BCUT2D eigenvalue weighted by molar-refractivity contribution is -0.385. The molecule has 0 saturated carbocycles. The van der Waals surface area contributed by atoms with Crippen LogP contribution in [0.25, 0.3) is 0 Å². The summed E-state index contributed by atoms with van der Waals surface area (Å²) in [5, 5.41) is 19.5. The highest BCUT2D eigenvalue weighted by molar-refractivity contribution is 5.44. The van der Waals surface area contributed by atoms with Gasteiger partial charge in [-0.15, -0.1) is 0 Å². The van der Waals surface area contributed by atoms with Crippen molar-refractivity contribution in [1.82, 2.24) is 0 Å². The molecule has 0 amide bonds. The molecule has 0 unspecified atom stereocenters. The van der Waals surface area contributed by atoms with Crippen molar-refractivity contribution in [2.24, 2.45) is 0 Å². The van der Waals surface area contributed by atoms with E-state index in [2.05, 4.69) is 0 Å². The first-order valence-corrected chi connectivity index (χ1v) is 6.08. The Hall–Kier alpha value is -2.94. The number of halogens is 1. The van der Waals surface area contributed by atoms with Crippen molar-refractivity contribution in [2.45, 2.75) is 13.5 Å². The largest absolute Gasteiger partial charge is 0.489 e. The van der Waals surface area contributed by atoms with E-state index in [0.717, 1.165) is 0 Å². The second kappa shape index (κ2) is 6.01. The minimum absolute atomic E-state index is 0.00000780. The molecule has 0 heterocycles. The van der Waals surface area contributed by atoms with Crippen LogP contribution in [-0.2, 0) is 6.61 Å². The van der Waals surface area contributed by atoms with Crippen LogP contribution in [0.4, 0.5) is 10.1 Å². The number of nitriles is 1. The van der Waals surface area contributed by atoms with Gasteiger partial charge in [0.1, 0.15) is 24.2 Å². The molecule has 0 aliphatic rings. The number of aryl methyl sites for hydroxylation is 1. The highest BCUT2D eigenvalue weighted by atomic mass is 19.1. The summed E-state index contributed by atoms with van der Waals surface area (Å²) in [6, 6.07) is 10.5. The Kier molecular flexibility index (Phi) is 4.14. The van der Waals surface area contributed by atoms with Crippen LogP contribution in [0.3, 0.4) is 0 Å². The van der Waals surface area contributed by atoms with E-state index in [4.69, 9.17) is 10.00 Å². The number of nitrogens with zero attached hydrogens (tertiary/aromatic N) is 2. The van der Waals surface area contributed by atoms with E-state index in [1.165, 1.54) is 30.3 Å². The van der Waals surface area contributed by atoms with Crippen molar-refractivity contribution in [3.05, 3.63) is 69.0 Å². The average Bonchev–Trinajstić information content (AvgIpc) is 2.46. The molecule has 0 aliphatic carbocycles. The molecule has 0 aromatic heterocycles. The van der Waals surface area contributed by atoms with Gasteiger partial charge in [-0.1, -0.05) is 12.1 Å². The molecule has 0 spiro atoms. The van der Waals surface area contributed by atoms with Crippen molar-refractivity contribution in [2.75, 3.05) is 0 Å². The normalized spacial score (nSPS) is 9.95. The second-order valence-electron chi connectivity index (χ2n) is 4.38. The van der Waals surface area contributed by atoms with Crippen LogP contribution in [0.1, 0.15) is 16.7 Å². The molecule has 0 fully saturated rings. The molecule has 106 valence electrons. The predicted octanol–water partition coefficient (Wildman–Crippen LogP) is 3.49. The Morgan fingerprint density at radius 3 is 2.76 bits per heavy atom. The van der Waals surface area contributed by atoms with Crippen LogP contribution in [0, 0.1) is 34.2 Å². The third kappa shape index (κ3) is 3.15. The standard InChI is InChI=1S/C15H11FN2O3/c1-10-7-13(5-6-14(10)18(19)20)21-9-12-4-2-3-11(8-17)15(12)16/h2-7H,9H2,1H3. The fraction of sp³-hybridized carbons (Fsp3) is 0.133. The number of hydrogen-bond donors (Lipinski definition) is 0. The summed E-state index contributed by atoms with van der Waals surface area (Å²) < 4.78 is 19.2. The number of benzene rings is 2. The zero-order chi connectivity index (χ0) is 15.4. The lowest BCUT2D eigenvalue weighted by Crippen LogP contribution is -2.01. The van der Waals surface area contributed by atoms with Crippen molar-refractivity contribution in [3.63, 3.8) is 0 Å². The fourth-order valence-corrected chi connectivity index (χ4v) is 1.86. The summed E-state index contributed by atoms with van der Waals surface area (Å²) in [5.41, 5.74) is 0.671. The summed E-state index contributed by atoms with van der Waals surface area (Å²) in [5.74, 6) is -0.210. The minimum atomic E-state index is -0.612. The summed E-state index contributed by atoms with van der Waals surface area (Å²) in [7, 11) is 0. The lowest BCUT2D eigenvalue weighted by Gasteiger charge is -2.08. The Labute approximate surface area is 120 Å². The Morgan fingerprint density at radius 2 is 2.14 bits per heavy atom. The van der Waals surface area contributed by atoms with Gasteiger partial charge < -0.3 is 4.74 Å². The number of hydrogen-bond acceptors (Lipinski definition) is 4. The van der Waals surface area contributed by atoms with E-state index in [0.29, 0.717) is 11.3 Å². The van der Waals surface area contributed by atoms with E-state index in [1.807, 2.05) is 0 Å². The first kappa shape index (κ1) is 14.5. The summed E-state index contributed by atoms with van der Waals surface area (Å²) in [6.07, 6.45) is 0. The van der Waals surface area contributed by atoms with Gasteiger partial charge in [-0.25, -0.2) is 4.39 Å². The van der Waals surface area contributed by atoms with Crippen molar-refractivity contribution in [1.29, 1.82) is 5.26 Å². The SMILES string of the molecule is Cc1cc(OCc2cccc(C#N)c2F)ccc1[N+](=O)[O-]. The molecule has 0 N–H and O–H groups in total. The smallest absolute Gasteiger partial charge is 0.272 e. The quantitative estimate of drug-likeness (QED) is 0.636. The van der Waals surface area contributed by atoms with E-state index >= 15 is 0 Å². The number of rotatable bonds is 4. The van der Waals surface area contributed by atoms with Crippen LogP contribution in [0.15, 0.2) is 36.4 Å². The van der Waals surface area contributed by atoms with Gasteiger partial charge in [-0.2, -0.15) is 5.26 Å². The van der Waals surface area contributed by atoms with Gasteiger partial charge >= 0.3 is 0 Å². The third-order valence-electron chi connectivity index (χ3n) is 2.96. The summed E-state index contributed by atoms with van der Waals surface area (Å²) in [6.45, 7) is 1.54. The molecule has 0 saturated heterocycles. The number of nitro benzene ring substituents is 1. The molecule has 21 heavy (non-hydrogen) atoms. The Bertz CT molecular complexity index is 738. The molecular formula is C15H11FN2O3. The molecule has 5 nitrogen and oxygen atoms in total. The molecule has 0 aliphatic heterocycles. The molecule has 2 rings (SSSR count). The topological polar surface area (TPSA) is 76.2 Å². The van der Waals surface area contributed by atoms with Crippen molar-refractivity contribution < 1.29 is 14.1 Å². The second-order valence-corrected chi connectivity index (χ2v) is 4.38. The molecule has 0 atom stereocenters. The number of nitro groups is 1. The predicted molar refractivity (Wildman–Crippen MR) is 73.3 cm³/mol.